The van der Waals surface area contributed by atoms with Gasteiger partial charge < -0.3 is 4.74 Å². The van der Waals surface area contributed by atoms with E-state index >= 15 is 0 Å². The summed E-state index contributed by atoms with van der Waals surface area (Å²) >= 11 is 0. The van der Waals surface area contributed by atoms with Gasteiger partial charge in [0.25, 0.3) is 0 Å². The molecule has 1 aliphatic rings. The van der Waals surface area contributed by atoms with Crippen molar-refractivity contribution in [2.75, 3.05) is 6.61 Å². The second kappa shape index (κ2) is 5.45. The van der Waals surface area contributed by atoms with Crippen molar-refractivity contribution in [2.45, 2.75) is 33.3 Å². The number of ether oxygens (including phenoxy) is 1. The van der Waals surface area contributed by atoms with Gasteiger partial charge in [0.15, 0.2) is 5.78 Å². The molecule has 0 saturated heterocycles. The Morgan fingerprint density at radius 3 is 2.57 bits per heavy atom. The molecular weight excluding hydrogens is 260 g/mol. The standard InChI is InChI=1S/C19H20O2/c1-12-10-14(3)17(11-13(12)2)18(20)19-16-7-5-4-6-15(16)8-9-21-19/h4-7,10-11,19H,8-9H2,1-3H3. The number of hydrogen-bond donors (Lipinski definition) is 0. The monoisotopic (exact) mass is 280 g/mol. The third-order valence-corrected chi connectivity index (χ3v) is 4.34. The molecule has 108 valence electrons. The van der Waals surface area contributed by atoms with Crippen molar-refractivity contribution in [2.24, 2.45) is 0 Å². The molecule has 2 nitrogen and oxygen atoms in total. The van der Waals surface area contributed by atoms with Crippen LogP contribution in [0.1, 0.15) is 44.3 Å². The van der Waals surface area contributed by atoms with Crippen molar-refractivity contribution in [1.29, 1.82) is 0 Å². The normalized spacial score (nSPS) is 17.4. The van der Waals surface area contributed by atoms with Gasteiger partial charge in [0.1, 0.15) is 6.10 Å². The van der Waals surface area contributed by atoms with Gasteiger partial charge in [0.2, 0.25) is 0 Å². The second-order valence-corrected chi connectivity index (χ2v) is 5.82. The Kier molecular flexibility index (Phi) is 3.64. The molecule has 2 aromatic carbocycles. The Morgan fingerprint density at radius 2 is 1.76 bits per heavy atom. The number of rotatable bonds is 2. The Balaban J connectivity index is 2.03. The lowest BCUT2D eigenvalue weighted by atomic mass is 9.89. The van der Waals surface area contributed by atoms with Crippen molar-refractivity contribution in [3.63, 3.8) is 0 Å². The summed E-state index contributed by atoms with van der Waals surface area (Å²) in [7, 11) is 0. The zero-order valence-corrected chi connectivity index (χ0v) is 12.8. The van der Waals surface area contributed by atoms with Crippen LogP contribution in [0.3, 0.4) is 0 Å². The van der Waals surface area contributed by atoms with Crippen LogP contribution in [0.5, 0.6) is 0 Å². The lowest BCUT2D eigenvalue weighted by Crippen LogP contribution is -2.24. The molecule has 1 atom stereocenters. The molecule has 3 rings (SSSR count). The maximum Gasteiger partial charge on any atom is 0.196 e. The van der Waals surface area contributed by atoms with Gasteiger partial charge in [-0.05, 0) is 61.1 Å². The fraction of sp³-hybridized carbons (Fsp3) is 0.316. The van der Waals surface area contributed by atoms with Gasteiger partial charge in [-0.1, -0.05) is 30.3 Å². The molecule has 0 N–H and O–H groups in total. The van der Waals surface area contributed by atoms with Crippen molar-refractivity contribution in [3.05, 3.63) is 69.8 Å². The molecule has 0 bridgehead atoms. The zero-order valence-electron chi connectivity index (χ0n) is 12.8. The molecule has 1 aliphatic heterocycles. The quantitative estimate of drug-likeness (QED) is 0.774. The van der Waals surface area contributed by atoms with Gasteiger partial charge in [0, 0.05) is 5.56 Å². The van der Waals surface area contributed by atoms with Gasteiger partial charge >= 0.3 is 0 Å². The van der Waals surface area contributed by atoms with E-state index in [1.165, 1.54) is 11.1 Å². The lowest BCUT2D eigenvalue weighted by Gasteiger charge is -2.25. The number of ketones is 1. The van der Waals surface area contributed by atoms with E-state index in [0.717, 1.165) is 28.7 Å². The summed E-state index contributed by atoms with van der Waals surface area (Å²) < 4.78 is 5.80. The number of hydrogen-bond acceptors (Lipinski definition) is 2. The molecule has 0 aliphatic carbocycles. The van der Waals surface area contributed by atoms with E-state index in [1.807, 2.05) is 38.1 Å². The topological polar surface area (TPSA) is 26.3 Å². The third-order valence-electron chi connectivity index (χ3n) is 4.34. The van der Waals surface area contributed by atoms with Crippen LogP contribution in [0.4, 0.5) is 0 Å². The Labute approximate surface area is 125 Å². The first-order valence-electron chi connectivity index (χ1n) is 7.39. The number of benzene rings is 2. The van der Waals surface area contributed by atoms with Crippen LogP contribution < -0.4 is 0 Å². The van der Waals surface area contributed by atoms with Crippen LogP contribution >= 0.6 is 0 Å². The number of carbonyl (C=O) groups is 1. The third kappa shape index (κ3) is 2.52. The molecule has 0 radical (unpaired) electrons. The van der Waals surface area contributed by atoms with E-state index in [4.69, 9.17) is 4.74 Å². The minimum Gasteiger partial charge on any atom is -0.365 e. The highest BCUT2D eigenvalue weighted by molar-refractivity contribution is 6.01. The highest BCUT2D eigenvalue weighted by Gasteiger charge is 2.29. The van der Waals surface area contributed by atoms with E-state index in [-0.39, 0.29) is 5.78 Å². The van der Waals surface area contributed by atoms with E-state index < -0.39 is 6.10 Å². The maximum atomic E-state index is 12.9. The summed E-state index contributed by atoms with van der Waals surface area (Å²) in [6.07, 6.45) is 0.419. The molecular formula is C19H20O2. The van der Waals surface area contributed by atoms with Crippen LogP contribution in [0.25, 0.3) is 0 Å². The van der Waals surface area contributed by atoms with Crippen LogP contribution in [-0.4, -0.2) is 12.4 Å². The van der Waals surface area contributed by atoms with E-state index in [0.29, 0.717) is 6.61 Å². The molecule has 0 aromatic heterocycles. The average Bonchev–Trinajstić information content (AvgIpc) is 2.49. The fourth-order valence-electron chi connectivity index (χ4n) is 2.98. The average molecular weight is 280 g/mol. The summed E-state index contributed by atoms with van der Waals surface area (Å²) in [6.45, 7) is 6.72. The SMILES string of the molecule is Cc1cc(C)c(C(=O)C2OCCc3ccccc32)cc1C. The summed E-state index contributed by atoms with van der Waals surface area (Å²) in [4.78, 5) is 12.9. The zero-order chi connectivity index (χ0) is 15.0. The van der Waals surface area contributed by atoms with Gasteiger partial charge in [0.05, 0.1) is 6.61 Å². The molecule has 0 saturated carbocycles. The van der Waals surface area contributed by atoms with Crippen molar-refractivity contribution in [3.8, 4) is 0 Å². The Bertz CT molecular complexity index is 701. The van der Waals surface area contributed by atoms with Crippen molar-refractivity contribution in [1.82, 2.24) is 0 Å². The second-order valence-electron chi connectivity index (χ2n) is 5.82. The van der Waals surface area contributed by atoms with Gasteiger partial charge in [-0.3, -0.25) is 4.79 Å². The molecule has 1 heterocycles. The fourth-order valence-corrected chi connectivity index (χ4v) is 2.98. The van der Waals surface area contributed by atoms with Crippen molar-refractivity contribution >= 4 is 5.78 Å². The first kappa shape index (κ1) is 14.0. The van der Waals surface area contributed by atoms with Gasteiger partial charge in [-0.2, -0.15) is 0 Å². The molecule has 21 heavy (non-hydrogen) atoms. The van der Waals surface area contributed by atoms with Crippen LogP contribution in [0.2, 0.25) is 0 Å². The predicted molar refractivity (Wildman–Crippen MR) is 83.8 cm³/mol. The van der Waals surface area contributed by atoms with Gasteiger partial charge in [-0.15, -0.1) is 0 Å². The molecule has 0 amide bonds. The van der Waals surface area contributed by atoms with Crippen molar-refractivity contribution < 1.29 is 9.53 Å². The largest absolute Gasteiger partial charge is 0.365 e. The summed E-state index contributed by atoms with van der Waals surface area (Å²) in [5.74, 6) is 0.0720. The van der Waals surface area contributed by atoms with E-state index in [1.54, 1.807) is 0 Å². The molecule has 0 fully saturated rings. The number of fused-ring (bicyclic) bond motifs is 1. The molecule has 2 heteroatoms. The molecule has 2 aromatic rings. The minimum absolute atomic E-state index is 0.0720. The van der Waals surface area contributed by atoms with E-state index in [9.17, 15) is 4.79 Å². The molecule has 0 spiro atoms. The Hall–Kier alpha value is -1.93. The van der Waals surface area contributed by atoms with Crippen LogP contribution in [-0.2, 0) is 11.2 Å². The highest BCUT2D eigenvalue weighted by atomic mass is 16.5. The summed E-state index contributed by atoms with van der Waals surface area (Å²) in [6, 6.07) is 12.2. The first-order chi connectivity index (χ1) is 10.1. The minimum atomic E-state index is -0.462. The summed E-state index contributed by atoms with van der Waals surface area (Å²) in [5.41, 5.74) is 6.41. The molecule has 1 unspecified atom stereocenters. The van der Waals surface area contributed by atoms with Crippen LogP contribution in [0.15, 0.2) is 36.4 Å². The maximum absolute atomic E-state index is 12.9. The Morgan fingerprint density at radius 1 is 1.05 bits per heavy atom. The lowest BCUT2D eigenvalue weighted by molar-refractivity contribution is 0.0348. The number of aryl methyl sites for hydroxylation is 3. The number of carbonyl (C=O) groups excluding carboxylic acids is 1. The van der Waals surface area contributed by atoms with Gasteiger partial charge in [-0.25, -0.2) is 0 Å². The van der Waals surface area contributed by atoms with E-state index in [2.05, 4.69) is 19.1 Å². The smallest absolute Gasteiger partial charge is 0.196 e. The first-order valence-corrected chi connectivity index (χ1v) is 7.39. The number of Topliss-reactive ketones (excluding diaryl/α,β-unsaturated/α-hetero) is 1. The highest BCUT2D eigenvalue weighted by Crippen LogP contribution is 2.31. The summed E-state index contributed by atoms with van der Waals surface area (Å²) in [5, 5.41) is 0. The predicted octanol–water partition coefficient (Wildman–Crippen LogP) is 4.11. The van der Waals surface area contributed by atoms with Crippen LogP contribution in [0, 0.1) is 20.8 Å².